The Balaban J connectivity index is 3.44. The Morgan fingerprint density at radius 2 is 0.857 bits per heavy atom. The van der Waals surface area contributed by atoms with Crippen molar-refractivity contribution in [2.45, 2.75) is 12.4 Å². The molecule has 0 saturated carbocycles. The number of rotatable bonds is 0. The fourth-order valence-corrected chi connectivity index (χ4v) is 0.933. The highest BCUT2D eigenvalue weighted by Crippen LogP contribution is 2.37. The third kappa shape index (κ3) is 1.40. The van der Waals surface area contributed by atoms with Gasteiger partial charge in [0.15, 0.2) is 0 Å². The smallest absolute Gasteiger partial charge is 0.285 e. The number of hydrogen-bond donors (Lipinski definition) is 0. The maximum atomic E-state index is 11.8. The van der Waals surface area contributed by atoms with Crippen LogP contribution in [0.25, 0.3) is 0 Å². The maximum Gasteiger partial charge on any atom is 0.421 e. The molecule has 0 aliphatic heterocycles. The highest BCUT2D eigenvalue weighted by molar-refractivity contribution is 5.37. The molecule has 0 fully saturated rings. The lowest BCUT2D eigenvalue weighted by Gasteiger charge is -2.15. The fourth-order valence-electron chi connectivity index (χ4n) is 0.933. The number of hydrogen-bond acceptors (Lipinski definition) is 2. The van der Waals surface area contributed by atoms with Crippen molar-refractivity contribution in [2.24, 2.45) is 0 Å². The Morgan fingerprint density at radius 1 is 0.643 bits per heavy atom. The van der Waals surface area contributed by atoms with E-state index in [4.69, 9.17) is 0 Å². The molecule has 0 bridgehead atoms. The second kappa shape index (κ2) is 2.58. The Labute approximate surface area is 71.5 Å². The fraction of sp³-hybridized carbons (Fsp3) is 0.333. The third-order valence-electron chi connectivity index (χ3n) is 1.48. The van der Waals surface area contributed by atoms with Crippen LogP contribution in [-0.4, -0.2) is 0 Å². The summed E-state index contributed by atoms with van der Waals surface area (Å²) in [4.78, 5) is 20.5. The van der Waals surface area contributed by atoms with Crippen LogP contribution in [0.5, 0.6) is 0 Å². The van der Waals surface area contributed by atoms with E-state index in [1.54, 1.807) is 0 Å². The maximum absolute atomic E-state index is 11.8. The summed E-state index contributed by atoms with van der Waals surface area (Å²) in [6.45, 7) is 0. The quantitative estimate of drug-likeness (QED) is 0.486. The Bertz CT molecular complexity index is 388. The van der Waals surface area contributed by atoms with Crippen molar-refractivity contribution in [2.75, 3.05) is 0 Å². The zero-order chi connectivity index (χ0) is 11.3. The molecule has 0 aromatic heterocycles. The Morgan fingerprint density at radius 3 is 1.00 bits per heavy atom. The lowest BCUT2D eigenvalue weighted by molar-refractivity contribution is -0.166. The second-order valence-corrected chi connectivity index (χ2v) is 2.40. The predicted octanol–water partition coefficient (Wildman–Crippen LogP) is 1.32. The van der Waals surface area contributed by atoms with Gasteiger partial charge in [0, 0.05) is 0 Å². The second-order valence-electron chi connectivity index (χ2n) is 2.40. The van der Waals surface area contributed by atoms with Crippen molar-refractivity contribution < 1.29 is 26.3 Å². The highest BCUT2D eigenvalue weighted by Gasteiger charge is 2.51. The topological polar surface area (TPSA) is 34.1 Å². The highest BCUT2D eigenvalue weighted by atomic mass is 19.4. The number of halogens is 6. The van der Waals surface area contributed by atoms with Crippen molar-refractivity contribution in [1.82, 2.24) is 0 Å². The normalized spacial score (nSPS) is 13.6. The molecule has 0 radical (unpaired) electrons. The average Bonchev–Trinajstić information content (AvgIpc) is 1.93. The van der Waals surface area contributed by atoms with Gasteiger partial charge in [-0.1, -0.05) is 0 Å². The average molecular weight is 218 g/mol. The van der Waals surface area contributed by atoms with Gasteiger partial charge < -0.3 is 0 Å². The summed E-state index contributed by atoms with van der Waals surface area (Å²) < 4.78 is 70.6. The van der Waals surface area contributed by atoms with Crippen LogP contribution in [0, 0.1) is 0 Å². The van der Waals surface area contributed by atoms with E-state index in [9.17, 15) is 35.9 Å². The number of alkyl halides is 6. The van der Waals surface area contributed by atoms with E-state index in [-0.39, 0.29) is 0 Å². The van der Waals surface area contributed by atoms with Crippen LogP contribution in [0.15, 0.2) is 9.59 Å². The first kappa shape index (κ1) is 10.7. The molecule has 1 aromatic rings. The molecule has 0 amide bonds. The van der Waals surface area contributed by atoms with E-state index < -0.39 is 34.3 Å². The van der Waals surface area contributed by atoms with Crippen LogP contribution < -0.4 is 10.9 Å². The minimum Gasteiger partial charge on any atom is -0.285 e. The van der Waals surface area contributed by atoms with E-state index >= 15 is 0 Å². The van der Waals surface area contributed by atoms with Gasteiger partial charge in [-0.05, 0) is 0 Å². The third-order valence-corrected chi connectivity index (χ3v) is 1.48. The summed E-state index contributed by atoms with van der Waals surface area (Å²) in [5.74, 6) is 0. The van der Waals surface area contributed by atoms with Crippen molar-refractivity contribution in [3.8, 4) is 0 Å². The van der Waals surface area contributed by atoms with Gasteiger partial charge in [-0.25, -0.2) is 0 Å². The molecule has 1 rings (SSSR count). The van der Waals surface area contributed by atoms with E-state index in [1.165, 1.54) is 0 Å². The van der Waals surface area contributed by atoms with Crippen LogP contribution in [0.3, 0.4) is 0 Å². The van der Waals surface area contributed by atoms with Crippen molar-refractivity contribution in [1.29, 1.82) is 0 Å². The van der Waals surface area contributed by atoms with Gasteiger partial charge >= 0.3 is 12.4 Å². The van der Waals surface area contributed by atoms with Crippen LogP contribution in [0.2, 0.25) is 0 Å². The standard InChI is InChI=1S/C6F6O2/c7-5(8,9)1-2(6(10,11)12)4(14)3(1)13. The van der Waals surface area contributed by atoms with E-state index in [1.807, 2.05) is 0 Å². The molecule has 0 unspecified atom stereocenters. The van der Waals surface area contributed by atoms with Crippen molar-refractivity contribution in [3.05, 3.63) is 31.6 Å². The molecule has 0 aliphatic rings. The minimum atomic E-state index is -5.43. The predicted molar refractivity (Wildman–Crippen MR) is 31.4 cm³/mol. The summed E-state index contributed by atoms with van der Waals surface area (Å²) in [5, 5.41) is 0. The van der Waals surface area contributed by atoms with Crippen molar-refractivity contribution in [3.63, 3.8) is 0 Å². The molecule has 0 spiro atoms. The van der Waals surface area contributed by atoms with Crippen LogP contribution >= 0.6 is 0 Å². The van der Waals surface area contributed by atoms with Gasteiger partial charge in [0.25, 0.3) is 0 Å². The summed E-state index contributed by atoms with van der Waals surface area (Å²) >= 11 is 0. The molecule has 78 valence electrons. The lowest BCUT2D eigenvalue weighted by Crippen LogP contribution is -2.47. The molecule has 14 heavy (non-hydrogen) atoms. The van der Waals surface area contributed by atoms with E-state index in [0.717, 1.165) is 0 Å². The van der Waals surface area contributed by atoms with Crippen LogP contribution in [-0.2, 0) is 12.4 Å². The summed E-state index contributed by atoms with van der Waals surface area (Å²) in [6.07, 6.45) is -10.9. The summed E-state index contributed by atoms with van der Waals surface area (Å²) in [6, 6.07) is 0. The summed E-state index contributed by atoms with van der Waals surface area (Å²) in [5.41, 5.74) is -9.08. The zero-order valence-electron chi connectivity index (χ0n) is 6.08. The molecule has 0 N–H and O–H groups in total. The Kier molecular flexibility index (Phi) is 1.98. The largest absolute Gasteiger partial charge is 0.421 e. The van der Waals surface area contributed by atoms with Gasteiger partial charge in [-0.15, -0.1) is 0 Å². The van der Waals surface area contributed by atoms with Gasteiger partial charge in [0.2, 0.25) is 10.9 Å². The molecular formula is C6F6O2. The monoisotopic (exact) mass is 218 g/mol. The van der Waals surface area contributed by atoms with Gasteiger partial charge in [-0.3, -0.25) is 9.59 Å². The molecule has 0 aliphatic carbocycles. The van der Waals surface area contributed by atoms with Crippen molar-refractivity contribution >= 4 is 0 Å². The first-order chi connectivity index (χ1) is 6.07. The minimum absolute atomic E-state index is 2.13. The zero-order valence-corrected chi connectivity index (χ0v) is 6.08. The van der Waals surface area contributed by atoms with E-state index in [2.05, 4.69) is 0 Å². The molecule has 1 aromatic carbocycles. The van der Waals surface area contributed by atoms with Crippen LogP contribution in [0.1, 0.15) is 11.1 Å². The van der Waals surface area contributed by atoms with E-state index in [0.29, 0.717) is 0 Å². The molecular weight excluding hydrogens is 218 g/mol. The molecule has 0 saturated heterocycles. The lowest BCUT2D eigenvalue weighted by atomic mass is 10.0. The molecule has 2 nitrogen and oxygen atoms in total. The van der Waals surface area contributed by atoms with Crippen LogP contribution in [0.4, 0.5) is 26.3 Å². The molecule has 0 atom stereocenters. The SMILES string of the molecule is O=c1c(C(F)(F)F)c(C(F)(F)F)c1=O. The first-order valence-electron chi connectivity index (χ1n) is 3.04. The van der Waals surface area contributed by atoms with Gasteiger partial charge in [-0.2, -0.15) is 26.3 Å². The first-order valence-corrected chi connectivity index (χ1v) is 3.04. The molecule has 0 heterocycles. The van der Waals surface area contributed by atoms with Gasteiger partial charge in [0.1, 0.15) is 11.1 Å². The Hall–Kier alpha value is -1.34. The van der Waals surface area contributed by atoms with Gasteiger partial charge in [0.05, 0.1) is 0 Å². The molecule has 8 heteroatoms. The summed E-state index contributed by atoms with van der Waals surface area (Å²) in [7, 11) is 0.